The number of aliphatic hydroxyl groups is 1. The largest absolute Gasteiger partial charge is 0.390 e. The van der Waals surface area contributed by atoms with Crippen molar-refractivity contribution >= 4 is 11.0 Å². The molecule has 1 aliphatic heterocycles. The smallest absolute Gasteiger partial charge is 0.112 e. The first-order valence-electron chi connectivity index (χ1n) is 6.53. The van der Waals surface area contributed by atoms with Gasteiger partial charge in [-0.2, -0.15) is 0 Å². The monoisotopic (exact) mass is 262 g/mol. The van der Waals surface area contributed by atoms with Crippen molar-refractivity contribution in [1.82, 2.24) is 9.55 Å². The van der Waals surface area contributed by atoms with Crippen LogP contribution in [-0.2, 0) is 22.9 Å². The summed E-state index contributed by atoms with van der Waals surface area (Å²) in [5.74, 6) is 0.864. The summed E-state index contributed by atoms with van der Waals surface area (Å²) < 4.78 is 12.8. The number of para-hydroxylation sites is 2. The maximum atomic E-state index is 10.2. The van der Waals surface area contributed by atoms with E-state index < -0.39 is 6.10 Å². The van der Waals surface area contributed by atoms with E-state index >= 15 is 0 Å². The molecule has 0 bridgehead atoms. The summed E-state index contributed by atoms with van der Waals surface area (Å²) in [5, 5.41) is 10.2. The van der Waals surface area contributed by atoms with Crippen LogP contribution in [0.3, 0.4) is 0 Å². The summed E-state index contributed by atoms with van der Waals surface area (Å²) in [6.45, 7) is 1.60. The van der Waals surface area contributed by atoms with Crippen LogP contribution in [0.15, 0.2) is 24.3 Å². The van der Waals surface area contributed by atoms with Gasteiger partial charge >= 0.3 is 0 Å². The first-order valence-corrected chi connectivity index (χ1v) is 6.53. The fourth-order valence-corrected chi connectivity index (χ4v) is 2.42. The third-order valence-electron chi connectivity index (χ3n) is 3.54. The van der Waals surface area contributed by atoms with Crippen LogP contribution in [0.25, 0.3) is 11.0 Å². The van der Waals surface area contributed by atoms with Gasteiger partial charge in [0.2, 0.25) is 0 Å². The van der Waals surface area contributed by atoms with Crippen LogP contribution in [0.2, 0.25) is 0 Å². The van der Waals surface area contributed by atoms with Gasteiger partial charge in [0.1, 0.15) is 11.9 Å². The number of imidazole rings is 1. The van der Waals surface area contributed by atoms with E-state index in [0.29, 0.717) is 26.2 Å². The molecular formula is C14H18N2O3. The molecule has 19 heavy (non-hydrogen) atoms. The fourth-order valence-electron chi connectivity index (χ4n) is 2.42. The molecule has 102 valence electrons. The molecule has 1 N–H and O–H groups in total. The predicted octanol–water partition coefficient (Wildman–Crippen LogP) is 0.892. The first-order chi connectivity index (χ1) is 9.25. The highest BCUT2D eigenvalue weighted by Crippen LogP contribution is 2.17. The van der Waals surface area contributed by atoms with Gasteiger partial charge in [-0.05, 0) is 12.1 Å². The average Bonchev–Trinajstić information content (AvgIpc) is 2.77. The van der Waals surface area contributed by atoms with Crippen LogP contribution < -0.4 is 0 Å². The third-order valence-corrected chi connectivity index (χ3v) is 3.54. The highest BCUT2D eigenvalue weighted by molar-refractivity contribution is 5.75. The quantitative estimate of drug-likeness (QED) is 0.892. The number of aryl methyl sites for hydroxylation is 1. The summed E-state index contributed by atoms with van der Waals surface area (Å²) >= 11 is 0. The van der Waals surface area contributed by atoms with Gasteiger partial charge in [-0.15, -0.1) is 0 Å². The lowest BCUT2D eigenvalue weighted by Gasteiger charge is -2.26. The number of hydrogen-bond acceptors (Lipinski definition) is 4. The zero-order chi connectivity index (χ0) is 13.2. The van der Waals surface area contributed by atoms with Gasteiger partial charge in [0.05, 0.1) is 37.0 Å². The summed E-state index contributed by atoms with van der Waals surface area (Å²) in [6.07, 6.45) is -0.372. The normalized spacial score (nSPS) is 21.7. The molecule has 1 fully saturated rings. The number of rotatable bonds is 3. The lowest BCUT2D eigenvalue weighted by Crippen LogP contribution is -2.39. The maximum Gasteiger partial charge on any atom is 0.112 e. The average molecular weight is 262 g/mol. The molecule has 2 heterocycles. The fraction of sp³-hybridized carbons (Fsp3) is 0.500. The Hall–Kier alpha value is -1.43. The molecule has 1 aromatic heterocycles. The molecule has 5 heteroatoms. The van der Waals surface area contributed by atoms with Crippen molar-refractivity contribution < 1.29 is 14.6 Å². The Morgan fingerprint density at radius 1 is 1.42 bits per heavy atom. The summed E-state index contributed by atoms with van der Waals surface area (Å²) in [7, 11) is 1.97. The molecule has 2 atom stereocenters. The van der Waals surface area contributed by atoms with Crippen LogP contribution in [-0.4, -0.2) is 46.7 Å². The van der Waals surface area contributed by atoms with Gasteiger partial charge in [0.25, 0.3) is 0 Å². The molecular weight excluding hydrogens is 244 g/mol. The molecule has 0 amide bonds. The second-order valence-corrected chi connectivity index (χ2v) is 4.83. The van der Waals surface area contributed by atoms with Gasteiger partial charge in [0.15, 0.2) is 0 Å². The van der Waals surface area contributed by atoms with Crippen LogP contribution in [0, 0.1) is 0 Å². The van der Waals surface area contributed by atoms with E-state index in [-0.39, 0.29) is 6.10 Å². The van der Waals surface area contributed by atoms with E-state index in [0.717, 1.165) is 16.9 Å². The number of fused-ring (bicyclic) bond motifs is 1. The third kappa shape index (κ3) is 2.49. The van der Waals surface area contributed by atoms with Crippen molar-refractivity contribution in [2.45, 2.75) is 18.6 Å². The lowest BCUT2D eigenvalue weighted by molar-refractivity contribution is -0.131. The summed E-state index contributed by atoms with van der Waals surface area (Å²) in [4.78, 5) is 4.55. The van der Waals surface area contributed by atoms with Crippen molar-refractivity contribution in [2.24, 2.45) is 7.05 Å². The second kappa shape index (κ2) is 5.28. The van der Waals surface area contributed by atoms with Crippen LogP contribution >= 0.6 is 0 Å². The van der Waals surface area contributed by atoms with Crippen molar-refractivity contribution in [3.8, 4) is 0 Å². The Kier molecular flexibility index (Phi) is 3.50. The van der Waals surface area contributed by atoms with E-state index in [9.17, 15) is 5.11 Å². The topological polar surface area (TPSA) is 56.5 Å². The van der Waals surface area contributed by atoms with Gasteiger partial charge in [-0.3, -0.25) is 0 Å². The Labute approximate surface area is 111 Å². The molecule has 1 aromatic carbocycles. The predicted molar refractivity (Wildman–Crippen MR) is 71.0 cm³/mol. The first kappa shape index (κ1) is 12.6. The maximum absolute atomic E-state index is 10.2. The van der Waals surface area contributed by atoms with Crippen LogP contribution in [0.1, 0.15) is 5.82 Å². The molecule has 5 nitrogen and oxygen atoms in total. The van der Waals surface area contributed by atoms with E-state index in [1.165, 1.54) is 0 Å². The minimum atomic E-state index is -0.587. The minimum absolute atomic E-state index is 0.256. The van der Waals surface area contributed by atoms with Crippen LogP contribution in [0.5, 0.6) is 0 Å². The summed E-state index contributed by atoms with van der Waals surface area (Å²) in [6, 6.07) is 7.96. The Balaban J connectivity index is 1.78. The molecule has 0 aliphatic carbocycles. The number of hydrogen-bond donors (Lipinski definition) is 1. The molecule has 1 aliphatic rings. The van der Waals surface area contributed by atoms with Crippen molar-refractivity contribution in [1.29, 1.82) is 0 Å². The SMILES string of the molecule is Cn1c(CC(O)C2COCCO2)nc2ccccc21. The number of nitrogens with zero attached hydrogens (tertiary/aromatic N) is 2. The highest BCUT2D eigenvalue weighted by Gasteiger charge is 2.25. The van der Waals surface area contributed by atoms with Crippen LogP contribution in [0.4, 0.5) is 0 Å². The molecule has 1 saturated heterocycles. The Bertz CT molecular complexity index is 561. The number of ether oxygens (including phenoxy) is 2. The van der Waals surface area contributed by atoms with Gasteiger partial charge in [-0.1, -0.05) is 12.1 Å². The highest BCUT2D eigenvalue weighted by atomic mass is 16.6. The standard InChI is InChI=1S/C14H18N2O3/c1-16-11-5-3-2-4-10(11)15-14(16)8-12(17)13-9-18-6-7-19-13/h2-5,12-13,17H,6-9H2,1H3. The van der Waals surface area contributed by atoms with Gasteiger partial charge < -0.3 is 19.1 Å². The molecule has 0 saturated carbocycles. The Morgan fingerprint density at radius 2 is 2.26 bits per heavy atom. The zero-order valence-electron chi connectivity index (χ0n) is 11.0. The van der Waals surface area contributed by atoms with Gasteiger partial charge in [0, 0.05) is 13.5 Å². The van der Waals surface area contributed by atoms with Crippen molar-refractivity contribution in [3.05, 3.63) is 30.1 Å². The molecule has 0 radical (unpaired) electrons. The van der Waals surface area contributed by atoms with E-state index in [1.807, 2.05) is 35.9 Å². The molecule has 0 spiro atoms. The summed E-state index contributed by atoms with van der Waals surface area (Å²) in [5.41, 5.74) is 2.03. The van der Waals surface area contributed by atoms with E-state index in [4.69, 9.17) is 9.47 Å². The molecule has 2 unspecified atom stereocenters. The number of aliphatic hydroxyl groups excluding tert-OH is 1. The zero-order valence-corrected chi connectivity index (χ0v) is 11.0. The Morgan fingerprint density at radius 3 is 3.00 bits per heavy atom. The molecule has 3 rings (SSSR count). The van der Waals surface area contributed by atoms with E-state index in [1.54, 1.807) is 0 Å². The van der Waals surface area contributed by atoms with Gasteiger partial charge in [-0.25, -0.2) is 4.98 Å². The van der Waals surface area contributed by atoms with E-state index in [2.05, 4.69) is 4.98 Å². The van der Waals surface area contributed by atoms with Crippen molar-refractivity contribution in [2.75, 3.05) is 19.8 Å². The second-order valence-electron chi connectivity index (χ2n) is 4.83. The minimum Gasteiger partial charge on any atom is -0.390 e. The van der Waals surface area contributed by atoms with Crippen molar-refractivity contribution in [3.63, 3.8) is 0 Å². The molecule has 2 aromatic rings. The lowest BCUT2D eigenvalue weighted by atomic mass is 10.1. The number of benzene rings is 1. The number of aromatic nitrogens is 2.